The molecule has 4 rings (SSSR count). The summed E-state index contributed by atoms with van der Waals surface area (Å²) >= 11 is 5.89. The molecule has 0 saturated heterocycles. The smallest absolute Gasteiger partial charge is 0.291 e. The molecule has 0 spiro atoms. The number of carbonyl (C=O) groups is 2. The Kier molecular flexibility index (Phi) is 7.03. The first-order valence-corrected chi connectivity index (χ1v) is 11.2. The molecule has 10 heteroatoms. The summed E-state index contributed by atoms with van der Waals surface area (Å²) in [7, 11) is 0. The Morgan fingerprint density at radius 3 is 2.44 bits per heavy atom. The summed E-state index contributed by atoms with van der Waals surface area (Å²) in [5.41, 5.74) is 5.11. The van der Waals surface area contributed by atoms with Crippen LogP contribution < -0.4 is 16.4 Å². The van der Waals surface area contributed by atoms with E-state index in [2.05, 4.69) is 28.0 Å². The van der Waals surface area contributed by atoms with Gasteiger partial charge in [-0.2, -0.15) is 5.10 Å². The minimum absolute atomic E-state index is 0.0207. The number of amides is 2. The van der Waals surface area contributed by atoms with Crippen molar-refractivity contribution in [1.82, 2.24) is 25.8 Å². The van der Waals surface area contributed by atoms with Crippen LogP contribution in [0.3, 0.4) is 0 Å². The van der Waals surface area contributed by atoms with Gasteiger partial charge in [0.1, 0.15) is 0 Å². The molecule has 34 heavy (non-hydrogen) atoms. The summed E-state index contributed by atoms with van der Waals surface area (Å²) in [6.07, 6.45) is 2.69. The Balaban J connectivity index is 1.51. The normalized spacial score (nSPS) is 10.9. The Bertz CT molecular complexity index is 1390. The second-order valence-corrected chi connectivity index (χ2v) is 8.06. The van der Waals surface area contributed by atoms with Crippen LogP contribution >= 0.6 is 11.6 Å². The van der Waals surface area contributed by atoms with E-state index in [4.69, 9.17) is 16.1 Å². The molecule has 4 aromatic rings. The predicted molar refractivity (Wildman–Crippen MR) is 127 cm³/mol. The van der Waals surface area contributed by atoms with Crippen molar-refractivity contribution in [3.63, 3.8) is 0 Å². The third kappa shape index (κ3) is 4.99. The van der Waals surface area contributed by atoms with E-state index in [9.17, 15) is 14.4 Å². The fraction of sp³-hybridized carbons (Fsp3) is 0.208. The average molecular weight is 480 g/mol. The van der Waals surface area contributed by atoms with Gasteiger partial charge in [-0.15, -0.1) is 0 Å². The van der Waals surface area contributed by atoms with Crippen LogP contribution in [0.15, 0.2) is 63.9 Å². The SMILES string of the molecule is CCCCCn1nc(C(=O)NNC(=O)c2cc(-c3ccc(Cl)cc3)on2)c2ccccc2c1=O. The molecule has 2 aromatic heterocycles. The largest absolute Gasteiger partial charge is 0.355 e. The lowest BCUT2D eigenvalue weighted by Gasteiger charge is -2.11. The molecule has 0 fully saturated rings. The number of nitrogens with one attached hydrogen (secondary N) is 2. The molecule has 0 saturated carbocycles. The van der Waals surface area contributed by atoms with E-state index >= 15 is 0 Å². The van der Waals surface area contributed by atoms with Crippen molar-refractivity contribution < 1.29 is 14.1 Å². The molecule has 0 aliphatic carbocycles. The van der Waals surface area contributed by atoms with Crippen molar-refractivity contribution >= 4 is 34.2 Å². The summed E-state index contributed by atoms with van der Waals surface area (Å²) in [5.74, 6) is -0.951. The van der Waals surface area contributed by atoms with Crippen molar-refractivity contribution in [1.29, 1.82) is 0 Å². The topological polar surface area (TPSA) is 119 Å². The summed E-state index contributed by atoms with van der Waals surface area (Å²) < 4.78 is 6.52. The summed E-state index contributed by atoms with van der Waals surface area (Å²) in [6, 6.07) is 15.0. The lowest BCUT2D eigenvalue weighted by atomic mass is 10.1. The molecule has 174 valence electrons. The second-order valence-electron chi connectivity index (χ2n) is 7.62. The Morgan fingerprint density at radius 1 is 1.00 bits per heavy atom. The first-order chi connectivity index (χ1) is 16.5. The standard InChI is InChI=1S/C24H22ClN5O4/c1-2-3-6-13-30-24(33)18-8-5-4-7-17(18)21(28-30)23(32)27-26-22(31)19-14-20(34-29-19)15-9-11-16(25)12-10-15/h4-5,7-12,14H,2-3,6,13H2,1H3,(H,26,31)(H,27,32). The van der Waals surface area contributed by atoms with E-state index in [1.807, 2.05) is 0 Å². The molecular formula is C24H22ClN5O4. The van der Waals surface area contributed by atoms with E-state index < -0.39 is 11.8 Å². The molecule has 0 aliphatic heterocycles. The van der Waals surface area contributed by atoms with Crippen molar-refractivity contribution in [3.8, 4) is 11.3 Å². The number of halogens is 1. The van der Waals surface area contributed by atoms with Gasteiger partial charge in [0.25, 0.3) is 17.4 Å². The van der Waals surface area contributed by atoms with Gasteiger partial charge in [-0.05, 0) is 36.8 Å². The molecule has 2 N–H and O–H groups in total. The zero-order valence-electron chi connectivity index (χ0n) is 18.4. The molecule has 2 amide bonds. The average Bonchev–Trinajstić information content (AvgIpc) is 3.35. The Hall–Kier alpha value is -3.98. The maximum Gasteiger partial charge on any atom is 0.291 e. The molecule has 0 atom stereocenters. The van der Waals surface area contributed by atoms with Gasteiger partial charge >= 0.3 is 0 Å². The molecule has 9 nitrogen and oxygen atoms in total. The van der Waals surface area contributed by atoms with Crippen LogP contribution in [0, 0.1) is 0 Å². The summed E-state index contributed by atoms with van der Waals surface area (Å²) in [4.78, 5) is 38.1. The highest BCUT2D eigenvalue weighted by molar-refractivity contribution is 6.30. The van der Waals surface area contributed by atoms with Gasteiger partial charge in [-0.1, -0.05) is 54.7 Å². The van der Waals surface area contributed by atoms with E-state index in [1.54, 1.807) is 48.5 Å². The van der Waals surface area contributed by atoms with Crippen LogP contribution in [0.25, 0.3) is 22.1 Å². The van der Waals surface area contributed by atoms with Gasteiger partial charge in [-0.3, -0.25) is 25.2 Å². The van der Waals surface area contributed by atoms with Gasteiger partial charge in [0, 0.05) is 28.6 Å². The lowest BCUT2D eigenvalue weighted by molar-refractivity contribution is 0.0838. The quantitative estimate of drug-likeness (QED) is 0.306. The number of rotatable bonds is 7. The van der Waals surface area contributed by atoms with Crippen LogP contribution in [0.4, 0.5) is 0 Å². The molecule has 0 bridgehead atoms. The third-order valence-electron chi connectivity index (χ3n) is 5.22. The fourth-order valence-electron chi connectivity index (χ4n) is 3.44. The first kappa shape index (κ1) is 23.2. The van der Waals surface area contributed by atoms with Gasteiger partial charge in [0.15, 0.2) is 17.1 Å². The van der Waals surface area contributed by atoms with Crippen molar-refractivity contribution in [2.75, 3.05) is 0 Å². The summed E-state index contributed by atoms with van der Waals surface area (Å²) in [5, 5.41) is 9.38. The van der Waals surface area contributed by atoms with Crippen molar-refractivity contribution in [2.24, 2.45) is 0 Å². The zero-order chi connectivity index (χ0) is 24.1. The number of hydrogen-bond donors (Lipinski definition) is 2. The van der Waals surface area contributed by atoms with Crippen molar-refractivity contribution in [2.45, 2.75) is 32.7 Å². The minimum atomic E-state index is -0.669. The minimum Gasteiger partial charge on any atom is -0.355 e. The number of aromatic nitrogens is 3. The lowest BCUT2D eigenvalue weighted by Crippen LogP contribution is -2.43. The molecule has 2 heterocycles. The van der Waals surface area contributed by atoms with Crippen LogP contribution in [0.1, 0.15) is 47.2 Å². The van der Waals surface area contributed by atoms with E-state index in [1.165, 1.54) is 10.7 Å². The zero-order valence-corrected chi connectivity index (χ0v) is 19.1. The first-order valence-electron chi connectivity index (χ1n) is 10.8. The monoisotopic (exact) mass is 479 g/mol. The molecular weight excluding hydrogens is 458 g/mol. The van der Waals surface area contributed by atoms with Crippen LogP contribution in [-0.2, 0) is 6.54 Å². The Morgan fingerprint density at radius 2 is 1.71 bits per heavy atom. The van der Waals surface area contributed by atoms with Gasteiger partial charge in [0.2, 0.25) is 0 Å². The van der Waals surface area contributed by atoms with E-state index in [0.717, 1.165) is 19.3 Å². The third-order valence-corrected chi connectivity index (χ3v) is 5.47. The molecule has 0 aliphatic rings. The molecule has 0 unspecified atom stereocenters. The van der Waals surface area contributed by atoms with Gasteiger partial charge in [-0.25, -0.2) is 4.68 Å². The summed E-state index contributed by atoms with van der Waals surface area (Å²) in [6.45, 7) is 2.46. The number of hydrogen-bond acceptors (Lipinski definition) is 6. The van der Waals surface area contributed by atoms with Gasteiger partial charge < -0.3 is 4.52 Å². The number of carbonyl (C=O) groups excluding carboxylic acids is 2. The molecule has 0 radical (unpaired) electrons. The predicted octanol–water partition coefficient (Wildman–Crippen LogP) is 3.97. The number of aryl methyl sites for hydroxylation is 1. The van der Waals surface area contributed by atoms with E-state index in [0.29, 0.717) is 33.7 Å². The Labute approximate surface area is 199 Å². The van der Waals surface area contributed by atoms with Crippen LogP contribution in [-0.4, -0.2) is 26.8 Å². The highest BCUT2D eigenvalue weighted by Gasteiger charge is 2.19. The number of benzene rings is 2. The number of nitrogens with zero attached hydrogens (tertiary/aromatic N) is 3. The van der Waals surface area contributed by atoms with Crippen LogP contribution in [0.2, 0.25) is 5.02 Å². The van der Waals surface area contributed by atoms with Crippen molar-refractivity contribution in [3.05, 3.63) is 81.4 Å². The highest BCUT2D eigenvalue weighted by Crippen LogP contribution is 2.22. The van der Waals surface area contributed by atoms with Gasteiger partial charge in [0.05, 0.1) is 5.39 Å². The second kappa shape index (κ2) is 10.3. The fourth-order valence-corrected chi connectivity index (χ4v) is 3.56. The van der Waals surface area contributed by atoms with Crippen LogP contribution in [0.5, 0.6) is 0 Å². The maximum absolute atomic E-state index is 12.9. The number of unbranched alkanes of at least 4 members (excludes halogenated alkanes) is 2. The number of hydrazine groups is 1. The number of fused-ring (bicyclic) bond motifs is 1. The van der Waals surface area contributed by atoms with E-state index in [-0.39, 0.29) is 16.9 Å². The highest BCUT2D eigenvalue weighted by atomic mass is 35.5. The maximum atomic E-state index is 12.9. The molecule has 2 aromatic carbocycles.